The first-order valence-electron chi connectivity index (χ1n) is 5.89. The fourth-order valence-electron chi connectivity index (χ4n) is 2.30. The van der Waals surface area contributed by atoms with Gasteiger partial charge < -0.3 is 10.0 Å². The van der Waals surface area contributed by atoms with Crippen LogP contribution in [0, 0.1) is 5.92 Å². The summed E-state index contributed by atoms with van der Waals surface area (Å²) in [6.45, 7) is 4.05. The largest absolute Gasteiger partial charge is 0.478 e. The van der Waals surface area contributed by atoms with Crippen LogP contribution < -0.4 is 4.90 Å². The van der Waals surface area contributed by atoms with Crippen molar-refractivity contribution in [2.45, 2.75) is 19.8 Å². The van der Waals surface area contributed by atoms with E-state index in [0.717, 1.165) is 18.8 Å². The van der Waals surface area contributed by atoms with Gasteiger partial charge in [0, 0.05) is 18.1 Å². The number of hydrogen-bond acceptors (Lipinski definition) is 2. The molecule has 4 heteroatoms. The molecule has 0 amide bonds. The summed E-state index contributed by atoms with van der Waals surface area (Å²) < 4.78 is 0. The summed E-state index contributed by atoms with van der Waals surface area (Å²) in [7, 11) is 0. The van der Waals surface area contributed by atoms with Crippen molar-refractivity contribution in [3.05, 3.63) is 28.8 Å². The maximum absolute atomic E-state index is 11.1. The lowest BCUT2D eigenvalue weighted by atomic mass is 9.93. The van der Waals surface area contributed by atoms with Crippen LogP contribution in [-0.4, -0.2) is 24.2 Å². The molecule has 0 bridgehead atoms. The van der Waals surface area contributed by atoms with E-state index in [1.165, 1.54) is 12.8 Å². The summed E-state index contributed by atoms with van der Waals surface area (Å²) in [6.07, 6.45) is 2.39. The molecule has 92 valence electrons. The molecule has 17 heavy (non-hydrogen) atoms. The maximum Gasteiger partial charge on any atom is 0.337 e. The Morgan fingerprint density at radius 2 is 2.24 bits per heavy atom. The SMILES string of the molecule is CCCC1CN(c2cc(Cl)ccc2C(=O)O)C1. The molecule has 0 unspecified atom stereocenters. The quantitative estimate of drug-likeness (QED) is 0.895. The first-order valence-corrected chi connectivity index (χ1v) is 6.27. The molecule has 0 aliphatic carbocycles. The highest BCUT2D eigenvalue weighted by Gasteiger charge is 2.28. The van der Waals surface area contributed by atoms with Crippen LogP contribution in [0.25, 0.3) is 0 Å². The average molecular weight is 254 g/mol. The minimum Gasteiger partial charge on any atom is -0.478 e. The minimum absolute atomic E-state index is 0.337. The Hall–Kier alpha value is -1.22. The van der Waals surface area contributed by atoms with Crippen molar-refractivity contribution in [2.24, 2.45) is 5.92 Å². The second kappa shape index (κ2) is 4.96. The molecule has 1 fully saturated rings. The first kappa shape index (κ1) is 12.2. The predicted molar refractivity (Wildman–Crippen MR) is 69.0 cm³/mol. The van der Waals surface area contributed by atoms with Crippen LogP contribution in [0.5, 0.6) is 0 Å². The third-order valence-corrected chi connectivity index (χ3v) is 3.42. The lowest BCUT2D eigenvalue weighted by Crippen LogP contribution is -2.47. The Bertz CT molecular complexity index is 427. The smallest absolute Gasteiger partial charge is 0.337 e. The number of carboxylic acids is 1. The van der Waals surface area contributed by atoms with E-state index in [1.54, 1.807) is 18.2 Å². The van der Waals surface area contributed by atoms with Crippen LogP contribution >= 0.6 is 11.6 Å². The summed E-state index contributed by atoms with van der Waals surface area (Å²) in [5.41, 5.74) is 1.08. The molecule has 1 saturated heterocycles. The van der Waals surface area contributed by atoms with Crippen LogP contribution in [0.3, 0.4) is 0 Å². The molecule has 0 spiro atoms. The number of carbonyl (C=O) groups is 1. The zero-order valence-corrected chi connectivity index (χ0v) is 10.6. The van der Waals surface area contributed by atoms with E-state index in [0.29, 0.717) is 16.5 Å². The molecular formula is C13H16ClNO2. The van der Waals surface area contributed by atoms with Crippen LogP contribution in [0.1, 0.15) is 30.1 Å². The summed E-state index contributed by atoms with van der Waals surface area (Å²) in [5, 5.41) is 9.71. The fraction of sp³-hybridized carbons (Fsp3) is 0.462. The van der Waals surface area contributed by atoms with Crippen LogP contribution in [-0.2, 0) is 0 Å². The van der Waals surface area contributed by atoms with E-state index in [1.807, 2.05) is 0 Å². The van der Waals surface area contributed by atoms with Gasteiger partial charge in [-0.3, -0.25) is 0 Å². The van der Waals surface area contributed by atoms with Crippen molar-refractivity contribution in [3.63, 3.8) is 0 Å². The fourth-order valence-corrected chi connectivity index (χ4v) is 2.47. The molecule has 0 atom stereocenters. The van der Waals surface area contributed by atoms with Gasteiger partial charge in [0.2, 0.25) is 0 Å². The zero-order chi connectivity index (χ0) is 12.4. The molecule has 1 heterocycles. The number of hydrogen-bond donors (Lipinski definition) is 1. The number of aromatic carboxylic acids is 1. The topological polar surface area (TPSA) is 40.5 Å². The maximum atomic E-state index is 11.1. The van der Waals surface area contributed by atoms with Crippen molar-refractivity contribution >= 4 is 23.3 Å². The zero-order valence-electron chi connectivity index (χ0n) is 9.82. The van der Waals surface area contributed by atoms with E-state index in [-0.39, 0.29) is 0 Å². The average Bonchev–Trinajstić information content (AvgIpc) is 2.22. The number of benzene rings is 1. The van der Waals surface area contributed by atoms with Gasteiger partial charge in [0.25, 0.3) is 0 Å². The Morgan fingerprint density at radius 3 is 2.82 bits per heavy atom. The molecule has 1 aromatic rings. The number of anilines is 1. The van der Waals surface area contributed by atoms with Crippen LogP contribution in [0.4, 0.5) is 5.69 Å². The second-order valence-corrected chi connectivity index (χ2v) is 4.96. The Balaban J connectivity index is 2.16. The third kappa shape index (κ3) is 2.55. The standard InChI is InChI=1S/C13H16ClNO2/c1-2-3-9-7-15(8-9)12-6-10(14)4-5-11(12)13(16)17/h4-6,9H,2-3,7-8H2,1H3,(H,16,17). The molecule has 1 aliphatic heterocycles. The van der Waals surface area contributed by atoms with Crippen molar-refractivity contribution < 1.29 is 9.90 Å². The molecule has 3 nitrogen and oxygen atoms in total. The van der Waals surface area contributed by atoms with Crippen molar-refractivity contribution in [1.29, 1.82) is 0 Å². The van der Waals surface area contributed by atoms with Crippen LogP contribution in [0.2, 0.25) is 5.02 Å². The van der Waals surface area contributed by atoms with E-state index in [2.05, 4.69) is 11.8 Å². The normalized spacial score (nSPS) is 15.8. The number of nitrogens with zero attached hydrogens (tertiary/aromatic N) is 1. The molecule has 0 radical (unpaired) electrons. The summed E-state index contributed by atoms with van der Waals surface area (Å²) in [5.74, 6) is -0.198. The van der Waals surface area contributed by atoms with Crippen molar-refractivity contribution in [2.75, 3.05) is 18.0 Å². The minimum atomic E-state index is -0.893. The lowest BCUT2D eigenvalue weighted by molar-refractivity contribution is 0.0697. The van der Waals surface area contributed by atoms with Crippen molar-refractivity contribution in [3.8, 4) is 0 Å². The van der Waals surface area contributed by atoms with E-state index >= 15 is 0 Å². The molecule has 0 aromatic heterocycles. The number of halogens is 1. The van der Waals surface area contributed by atoms with E-state index < -0.39 is 5.97 Å². The highest BCUT2D eigenvalue weighted by molar-refractivity contribution is 6.31. The Labute approximate surface area is 106 Å². The monoisotopic (exact) mass is 253 g/mol. The molecular weight excluding hydrogens is 238 g/mol. The van der Waals surface area contributed by atoms with E-state index in [4.69, 9.17) is 16.7 Å². The molecule has 1 N–H and O–H groups in total. The van der Waals surface area contributed by atoms with Gasteiger partial charge in [-0.2, -0.15) is 0 Å². The third-order valence-electron chi connectivity index (χ3n) is 3.18. The van der Waals surface area contributed by atoms with Gasteiger partial charge in [0.1, 0.15) is 0 Å². The highest BCUT2D eigenvalue weighted by Crippen LogP contribution is 2.32. The molecule has 1 aliphatic rings. The van der Waals surface area contributed by atoms with Gasteiger partial charge >= 0.3 is 5.97 Å². The van der Waals surface area contributed by atoms with Gasteiger partial charge in [-0.1, -0.05) is 24.9 Å². The van der Waals surface area contributed by atoms with Gasteiger partial charge in [0.05, 0.1) is 11.3 Å². The summed E-state index contributed by atoms with van der Waals surface area (Å²) in [6, 6.07) is 4.94. The number of carboxylic acid groups (broad SMARTS) is 1. The highest BCUT2D eigenvalue weighted by atomic mass is 35.5. The Kier molecular flexibility index (Phi) is 3.57. The molecule has 2 rings (SSSR count). The molecule has 1 aromatic carbocycles. The second-order valence-electron chi connectivity index (χ2n) is 4.53. The lowest BCUT2D eigenvalue weighted by Gasteiger charge is -2.41. The van der Waals surface area contributed by atoms with E-state index in [9.17, 15) is 4.79 Å². The van der Waals surface area contributed by atoms with Crippen molar-refractivity contribution in [1.82, 2.24) is 0 Å². The Morgan fingerprint density at radius 1 is 1.53 bits per heavy atom. The summed E-state index contributed by atoms with van der Waals surface area (Å²) in [4.78, 5) is 13.2. The van der Waals surface area contributed by atoms with Gasteiger partial charge in [-0.15, -0.1) is 0 Å². The number of rotatable bonds is 4. The van der Waals surface area contributed by atoms with Crippen LogP contribution in [0.15, 0.2) is 18.2 Å². The van der Waals surface area contributed by atoms with Gasteiger partial charge in [0.15, 0.2) is 0 Å². The first-order chi connectivity index (χ1) is 8.11. The van der Waals surface area contributed by atoms with Gasteiger partial charge in [-0.05, 0) is 30.5 Å². The molecule has 0 saturated carbocycles. The van der Waals surface area contributed by atoms with Gasteiger partial charge in [-0.25, -0.2) is 4.79 Å². The predicted octanol–water partition coefficient (Wildman–Crippen LogP) is 3.27. The summed E-state index contributed by atoms with van der Waals surface area (Å²) >= 11 is 5.92.